The van der Waals surface area contributed by atoms with Crippen LogP contribution < -0.4 is 4.74 Å². The van der Waals surface area contributed by atoms with Crippen LogP contribution in [0.5, 0.6) is 5.75 Å². The number of unbranched alkanes of at least 4 members (excludes halogenated alkanes) is 2. The summed E-state index contributed by atoms with van der Waals surface area (Å²) in [6, 6.07) is 1.44. The molecule has 0 aliphatic rings. The first-order valence-corrected chi connectivity index (χ1v) is 9.64. The van der Waals surface area contributed by atoms with Crippen LogP contribution in [-0.4, -0.2) is 9.97 Å². The van der Waals surface area contributed by atoms with Crippen molar-refractivity contribution in [3.63, 3.8) is 0 Å². The summed E-state index contributed by atoms with van der Waals surface area (Å²) in [6.07, 6.45) is 2.01. The highest BCUT2D eigenvalue weighted by molar-refractivity contribution is 5.56. The summed E-state index contributed by atoms with van der Waals surface area (Å²) in [5.74, 6) is -10.1. The molecule has 0 aliphatic carbocycles. The summed E-state index contributed by atoms with van der Waals surface area (Å²) >= 11 is 0. The molecule has 0 atom stereocenters. The van der Waals surface area contributed by atoms with E-state index in [9.17, 15) is 30.7 Å². The second-order valence-corrected chi connectivity index (χ2v) is 7.01. The van der Waals surface area contributed by atoms with Crippen molar-refractivity contribution in [3.8, 4) is 17.1 Å². The molecule has 3 nitrogen and oxygen atoms in total. The van der Waals surface area contributed by atoms with Crippen LogP contribution in [-0.2, 0) is 12.5 Å². The SMILES string of the molecule is CCCCCc1cnc(-c2cc(F)c(C(F)(F)Oc3cc(F)c(F)c(F)c3)c(F)c2)nc1. The highest BCUT2D eigenvalue weighted by Gasteiger charge is 2.41. The fourth-order valence-electron chi connectivity index (χ4n) is 2.98. The minimum atomic E-state index is -4.66. The van der Waals surface area contributed by atoms with Crippen LogP contribution >= 0.6 is 0 Å². The molecule has 0 aliphatic heterocycles. The van der Waals surface area contributed by atoms with Crippen LogP contribution in [0.15, 0.2) is 36.7 Å². The fraction of sp³-hybridized carbons (Fsp3) is 0.273. The van der Waals surface area contributed by atoms with Crippen LogP contribution in [0.4, 0.5) is 30.7 Å². The van der Waals surface area contributed by atoms with Gasteiger partial charge in [-0.1, -0.05) is 19.8 Å². The number of aromatic nitrogens is 2. The van der Waals surface area contributed by atoms with Crippen molar-refractivity contribution in [1.29, 1.82) is 0 Å². The summed E-state index contributed by atoms with van der Waals surface area (Å²) in [5, 5.41) is 0. The van der Waals surface area contributed by atoms with Crippen molar-refractivity contribution >= 4 is 0 Å². The summed E-state index contributed by atoms with van der Waals surface area (Å²) in [6.45, 7) is 2.05. The van der Waals surface area contributed by atoms with Gasteiger partial charge in [0.2, 0.25) is 0 Å². The lowest BCUT2D eigenvalue weighted by atomic mass is 10.1. The molecule has 170 valence electrons. The van der Waals surface area contributed by atoms with Gasteiger partial charge in [0.05, 0.1) is 0 Å². The molecule has 0 saturated heterocycles. The van der Waals surface area contributed by atoms with Gasteiger partial charge in [0.25, 0.3) is 0 Å². The van der Waals surface area contributed by atoms with Crippen LogP contribution in [0.3, 0.4) is 0 Å². The van der Waals surface area contributed by atoms with Gasteiger partial charge in [-0.2, -0.15) is 8.78 Å². The topological polar surface area (TPSA) is 35.0 Å². The molecule has 10 heteroatoms. The highest BCUT2D eigenvalue weighted by Crippen LogP contribution is 2.37. The molecule has 0 N–H and O–H groups in total. The third-order valence-corrected chi connectivity index (χ3v) is 4.57. The molecular formula is C22H17F7N2O. The van der Waals surface area contributed by atoms with Crippen molar-refractivity contribution in [2.24, 2.45) is 0 Å². The van der Waals surface area contributed by atoms with Crippen LogP contribution in [0.2, 0.25) is 0 Å². The molecule has 0 spiro atoms. The maximum atomic E-state index is 14.4. The molecular weight excluding hydrogens is 441 g/mol. The van der Waals surface area contributed by atoms with Gasteiger partial charge in [-0.3, -0.25) is 0 Å². The average molecular weight is 458 g/mol. The normalized spacial score (nSPS) is 11.6. The Morgan fingerprint density at radius 3 is 1.91 bits per heavy atom. The number of halogens is 7. The smallest absolute Gasteiger partial charge is 0.429 e. The number of benzene rings is 2. The lowest BCUT2D eigenvalue weighted by Gasteiger charge is -2.20. The predicted octanol–water partition coefficient (Wildman–Crippen LogP) is 6.70. The summed E-state index contributed by atoms with van der Waals surface area (Å²) < 4.78 is 101. The standard InChI is InChI=1S/C22H17F7N2O/c1-2-3-4-5-12-10-30-21(31-11-12)13-6-15(23)19(16(24)7-13)22(28,29)32-14-8-17(25)20(27)18(26)9-14/h6-11H,2-5H2,1H3. The molecule has 0 unspecified atom stereocenters. The number of nitrogens with zero attached hydrogens (tertiary/aromatic N) is 2. The first-order valence-electron chi connectivity index (χ1n) is 9.64. The van der Waals surface area contributed by atoms with Gasteiger partial charge in [-0.25, -0.2) is 31.9 Å². The average Bonchev–Trinajstić information content (AvgIpc) is 2.71. The zero-order chi connectivity index (χ0) is 23.5. The van der Waals surface area contributed by atoms with E-state index in [1.807, 2.05) is 0 Å². The molecule has 0 fully saturated rings. The third-order valence-electron chi connectivity index (χ3n) is 4.57. The first kappa shape index (κ1) is 23.5. The Labute approximate surface area is 178 Å². The van der Waals surface area contributed by atoms with Crippen LogP contribution in [0, 0.1) is 29.1 Å². The van der Waals surface area contributed by atoms with Crippen molar-refractivity contribution in [2.45, 2.75) is 38.7 Å². The van der Waals surface area contributed by atoms with Gasteiger partial charge >= 0.3 is 6.11 Å². The Bertz CT molecular complexity index is 1060. The minimum absolute atomic E-state index is 0.0829. The van der Waals surface area contributed by atoms with E-state index in [-0.39, 0.29) is 23.5 Å². The molecule has 0 amide bonds. The molecule has 1 aromatic heterocycles. The molecule has 0 radical (unpaired) electrons. The van der Waals surface area contributed by atoms with Gasteiger partial charge in [0, 0.05) is 30.1 Å². The van der Waals surface area contributed by atoms with E-state index < -0.39 is 46.5 Å². The van der Waals surface area contributed by atoms with E-state index in [0.29, 0.717) is 12.1 Å². The van der Waals surface area contributed by atoms with Crippen molar-refractivity contribution in [1.82, 2.24) is 9.97 Å². The van der Waals surface area contributed by atoms with Gasteiger partial charge < -0.3 is 4.74 Å². The summed E-state index contributed by atoms with van der Waals surface area (Å²) in [4.78, 5) is 8.03. The third kappa shape index (κ3) is 5.17. The van der Waals surface area contributed by atoms with Crippen molar-refractivity contribution in [2.75, 3.05) is 0 Å². The first-order chi connectivity index (χ1) is 15.1. The Morgan fingerprint density at radius 2 is 1.38 bits per heavy atom. The van der Waals surface area contributed by atoms with E-state index in [2.05, 4.69) is 21.6 Å². The second kappa shape index (κ2) is 9.54. The van der Waals surface area contributed by atoms with Crippen LogP contribution in [0.25, 0.3) is 11.4 Å². The highest BCUT2D eigenvalue weighted by atomic mass is 19.3. The number of aryl methyl sites for hydroxylation is 1. The lowest BCUT2D eigenvalue weighted by Crippen LogP contribution is -2.25. The molecule has 32 heavy (non-hydrogen) atoms. The zero-order valence-corrected chi connectivity index (χ0v) is 16.7. The summed E-state index contributed by atoms with van der Waals surface area (Å²) in [5.41, 5.74) is -1.17. The number of rotatable bonds is 8. The van der Waals surface area contributed by atoms with E-state index in [4.69, 9.17) is 0 Å². The Kier molecular flexibility index (Phi) is 7.00. The van der Waals surface area contributed by atoms with E-state index in [1.165, 1.54) is 12.4 Å². The van der Waals surface area contributed by atoms with Crippen LogP contribution in [0.1, 0.15) is 37.3 Å². The maximum Gasteiger partial charge on any atom is 0.432 e. The molecule has 1 heterocycles. The van der Waals surface area contributed by atoms with E-state index in [0.717, 1.165) is 31.2 Å². The number of ether oxygens (including phenoxy) is 1. The Hall–Kier alpha value is -3.17. The maximum absolute atomic E-state index is 14.4. The lowest BCUT2D eigenvalue weighted by molar-refractivity contribution is -0.189. The van der Waals surface area contributed by atoms with Gasteiger partial charge in [0.1, 0.15) is 22.9 Å². The number of hydrogen-bond acceptors (Lipinski definition) is 3. The zero-order valence-electron chi connectivity index (χ0n) is 16.7. The molecule has 0 saturated carbocycles. The predicted molar refractivity (Wildman–Crippen MR) is 101 cm³/mol. The molecule has 3 aromatic rings. The number of hydrogen-bond donors (Lipinski definition) is 0. The second-order valence-electron chi connectivity index (χ2n) is 7.01. The van der Waals surface area contributed by atoms with E-state index >= 15 is 0 Å². The monoisotopic (exact) mass is 458 g/mol. The Balaban J connectivity index is 1.86. The fourth-order valence-corrected chi connectivity index (χ4v) is 2.98. The Morgan fingerprint density at radius 1 is 0.812 bits per heavy atom. The molecule has 0 bridgehead atoms. The molecule has 2 aromatic carbocycles. The van der Waals surface area contributed by atoms with Crippen molar-refractivity contribution in [3.05, 3.63) is 76.9 Å². The van der Waals surface area contributed by atoms with E-state index in [1.54, 1.807) is 0 Å². The van der Waals surface area contributed by atoms with Crippen molar-refractivity contribution < 1.29 is 35.5 Å². The number of alkyl halides is 2. The summed E-state index contributed by atoms with van der Waals surface area (Å²) in [7, 11) is 0. The van der Waals surface area contributed by atoms with Gasteiger partial charge in [-0.15, -0.1) is 0 Å². The quantitative estimate of drug-likeness (QED) is 0.214. The van der Waals surface area contributed by atoms with Gasteiger partial charge in [-0.05, 0) is 30.5 Å². The largest absolute Gasteiger partial charge is 0.432 e. The minimum Gasteiger partial charge on any atom is -0.429 e. The molecule has 3 rings (SSSR count). The van der Waals surface area contributed by atoms with Gasteiger partial charge in [0.15, 0.2) is 23.3 Å².